The van der Waals surface area contributed by atoms with E-state index in [1.54, 1.807) is 23.9 Å². The van der Waals surface area contributed by atoms with Gasteiger partial charge in [-0.05, 0) is 52.4 Å². The molecule has 0 radical (unpaired) electrons. The number of benzene rings is 2. The molecule has 0 aliphatic carbocycles. The predicted octanol–water partition coefficient (Wildman–Crippen LogP) is 3.34. The molecule has 0 unspecified atom stereocenters. The molecular weight excluding hydrogens is 356 g/mol. The molecule has 1 aliphatic heterocycles. The number of tetrazole rings is 1. The Morgan fingerprint density at radius 3 is 2.63 bits per heavy atom. The SMILES string of the molecule is COc1ccccc1[C@H]1C=C(c2ccc(OC(F)F)cc2)Nc2nnnn21. The van der Waals surface area contributed by atoms with Crippen LogP contribution in [0.3, 0.4) is 0 Å². The van der Waals surface area contributed by atoms with Crippen LogP contribution in [0.2, 0.25) is 0 Å². The van der Waals surface area contributed by atoms with Crippen LogP contribution < -0.4 is 14.8 Å². The van der Waals surface area contributed by atoms with E-state index in [2.05, 4.69) is 25.6 Å². The second kappa shape index (κ2) is 7.02. The molecule has 27 heavy (non-hydrogen) atoms. The summed E-state index contributed by atoms with van der Waals surface area (Å²) in [4.78, 5) is 0. The largest absolute Gasteiger partial charge is 0.496 e. The molecule has 3 aromatic rings. The Kier molecular flexibility index (Phi) is 4.41. The molecule has 7 nitrogen and oxygen atoms in total. The molecule has 1 aromatic heterocycles. The number of nitrogens with zero attached hydrogens (tertiary/aromatic N) is 4. The lowest BCUT2D eigenvalue weighted by molar-refractivity contribution is -0.0498. The van der Waals surface area contributed by atoms with Gasteiger partial charge in [0.1, 0.15) is 17.5 Å². The number of para-hydroxylation sites is 1. The molecule has 0 fully saturated rings. The van der Waals surface area contributed by atoms with Crippen molar-refractivity contribution in [3.63, 3.8) is 0 Å². The van der Waals surface area contributed by atoms with Crippen LogP contribution in [0.4, 0.5) is 14.7 Å². The van der Waals surface area contributed by atoms with Crippen molar-refractivity contribution in [3.8, 4) is 11.5 Å². The fraction of sp³-hybridized carbons (Fsp3) is 0.167. The summed E-state index contributed by atoms with van der Waals surface area (Å²) in [5, 5.41) is 14.9. The highest BCUT2D eigenvalue weighted by Crippen LogP contribution is 2.35. The normalized spacial score (nSPS) is 15.7. The topological polar surface area (TPSA) is 74.1 Å². The van der Waals surface area contributed by atoms with Gasteiger partial charge in [0.2, 0.25) is 5.95 Å². The molecular formula is C18H15F2N5O2. The molecule has 0 bridgehead atoms. The van der Waals surface area contributed by atoms with Crippen molar-refractivity contribution >= 4 is 11.6 Å². The minimum absolute atomic E-state index is 0.0938. The summed E-state index contributed by atoms with van der Waals surface area (Å²) in [5.41, 5.74) is 2.42. The number of nitrogens with one attached hydrogen (secondary N) is 1. The van der Waals surface area contributed by atoms with Gasteiger partial charge >= 0.3 is 6.61 Å². The molecule has 9 heteroatoms. The number of aromatic nitrogens is 4. The molecule has 0 spiro atoms. The van der Waals surface area contributed by atoms with Gasteiger partial charge in [0.15, 0.2) is 0 Å². The quantitative estimate of drug-likeness (QED) is 0.742. The zero-order valence-corrected chi connectivity index (χ0v) is 14.2. The Morgan fingerprint density at radius 2 is 1.89 bits per heavy atom. The fourth-order valence-corrected chi connectivity index (χ4v) is 2.97. The third-order valence-electron chi connectivity index (χ3n) is 4.18. The van der Waals surface area contributed by atoms with Gasteiger partial charge in [-0.15, -0.1) is 0 Å². The van der Waals surface area contributed by atoms with E-state index >= 15 is 0 Å². The first kappa shape index (κ1) is 17.0. The minimum Gasteiger partial charge on any atom is -0.496 e. The van der Waals surface area contributed by atoms with E-state index in [1.165, 1.54) is 12.1 Å². The number of rotatable bonds is 5. The standard InChI is InChI=1S/C18H15F2N5O2/c1-26-16-5-3-2-4-13(16)15-10-14(21-18-22-23-24-25(15)18)11-6-8-12(9-7-11)27-17(19)20/h2-10,15,17H,1H3,(H,21,22,24)/t15-/m1/s1. The van der Waals surface area contributed by atoms with Crippen LogP contribution in [0.25, 0.3) is 5.70 Å². The second-order valence-corrected chi connectivity index (χ2v) is 5.74. The fourth-order valence-electron chi connectivity index (χ4n) is 2.97. The third kappa shape index (κ3) is 3.31. The summed E-state index contributed by atoms with van der Waals surface area (Å²) in [6.07, 6.45) is 1.95. The molecule has 1 N–H and O–H groups in total. The third-order valence-corrected chi connectivity index (χ3v) is 4.18. The highest BCUT2D eigenvalue weighted by Gasteiger charge is 2.26. The zero-order valence-electron chi connectivity index (χ0n) is 14.2. The van der Waals surface area contributed by atoms with E-state index in [0.29, 0.717) is 11.7 Å². The van der Waals surface area contributed by atoms with Crippen LogP contribution in [0.5, 0.6) is 11.5 Å². The number of anilines is 1. The van der Waals surface area contributed by atoms with Gasteiger partial charge in [-0.1, -0.05) is 23.3 Å². The van der Waals surface area contributed by atoms with E-state index in [0.717, 1.165) is 16.8 Å². The van der Waals surface area contributed by atoms with Gasteiger partial charge < -0.3 is 14.8 Å². The van der Waals surface area contributed by atoms with E-state index in [1.807, 2.05) is 30.3 Å². The maximum Gasteiger partial charge on any atom is 0.387 e. The first-order chi connectivity index (χ1) is 13.2. The lowest BCUT2D eigenvalue weighted by Crippen LogP contribution is -2.20. The van der Waals surface area contributed by atoms with Gasteiger partial charge in [-0.2, -0.15) is 13.5 Å². The van der Waals surface area contributed by atoms with Gasteiger partial charge in [0, 0.05) is 11.3 Å². The van der Waals surface area contributed by atoms with Crippen LogP contribution in [0, 0.1) is 0 Å². The number of alkyl halides is 2. The summed E-state index contributed by atoms with van der Waals surface area (Å²) in [5.74, 6) is 1.27. The average Bonchev–Trinajstić information content (AvgIpc) is 3.16. The molecule has 2 aromatic carbocycles. The molecule has 0 saturated carbocycles. The second-order valence-electron chi connectivity index (χ2n) is 5.74. The summed E-state index contributed by atoms with van der Waals surface area (Å²) in [6.45, 7) is -2.86. The molecule has 0 amide bonds. The van der Waals surface area contributed by atoms with Gasteiger partial charge in [-0.3, -0.25) is 0 Å². The van der Waals surface area contributed by atoms with Crippen molar-refractivity contribution in [2.75, 3.05) is 12.4 Å². The van der Waals surface area contributed by atoms with Crippen molar-refractivity contribution in [2.24, 2.45) is 0 Å². The van der Waals surface area contributed by atoms with Crippen molar-refractivity contribution in [2.45, 2.75) is 12.7 Å². The van der Waals surface area contributed by atoms with E-state index in [9.17, 15) is 8.78 Å². The van der Waals surface area contributed by atoms with Crippen LogP contribution in [0.15, 0.2) is 54.6 Å². The first-order valence-electron chi connectivity index (χ1n) is 8.10. The first-order valence-corrected chi connectivity index (χ1v) is 8.10. The Morgan fingerprint density at radius 1 is 1.11 bits per heavy atom. The lowest BCUT2D eigenvalue weighted by atomic mass is 10.0. The summed E-state index contributed by atoms with van der Waals surface area (Å²) in [6, 6.07) is 13.7. The minimum atomic E-state index is -2.86. The van der Waals surface area contributed by atoms with E-state index in [-0.39, 0.29) is 11.8 Å². The number of hydrogen-bond acceptors (Lipinski definition) is 6. The summed E-state index contributed by atoms with van der Waals surface area (Å²) >= 11 is 0. The Bertz CT molecular complexity index is 972. The number of ether oxygens (including phenoxy) is 2. The Balaban J connectivity index is 1.73. The highest BCUT2D eigenvalue weighted by atomic mass is 19.3. The number of allylic oxidation sites excluding steroid dienone is 1. The van der Waals surface area contributed by atoms with E-state index < -0.39 is 6.61 Å². The molecule has 1 aliphatic rings. The van der Waals surface area contributed by atoms with Gasteiger partial charge in [-0.25, -0.2) is 0 Å². The zero-order chi connectivity index (χ0) is 18.8. The highest BCUT2D eigenvalue weighted by molar-refractivity contribution is 5.77. The molecule has 0 saturated heterocycles. The van der Waals surface area contributed by atoms with E-state index in [4.69, 9.17) is 4.74 Å². The molecule has 4 rings (SSSR count). The molecule has 138 valence electrons. The summed E-state index contributed by atoms with van der Waals surface area (Å²) in [7, 11) is 1.60. The maximum absolute atomic E-state index is 12.3. The number of hydrogen-bond donors (Lipinski definition) is 1. The monoisotopic (exact) mass is 371 g/mol. The number of fused-ring (bicyclic) bond motifs is 1. The van der Waals surface area contributed by atoms with Crippen molar-refractivity contribution in [1.82, 2.24) is 20.2 Å². The van der Waals surface area contributed by atoms with Crippen molar-refractivity contribution in [3.05, 3.63) is 65.7 Å². The number of methoxy groups -OCH3 is 1. The summed E-state index contributed by atoms with van der Waals surface area (Å²) < 4.78 is 36.2. The molecule has 2 heterocycles. The van der Waals surface area contributed by atoms with Crippen molar-refractivity contribution < 1.29 is 18.3 Å². The predicted molar refractivity (Wildman–Crippen MR) is 93.6 cm³/mol. The molecule has 1 atom stereocenters. The van der Waals surface area contributed by atoms with Gasteiger partial charge in [0.05, 0.1) is 7.11 Å². The number of halogens is 2. The lowest BCUT2D eigenvalue weighted by Gasteiger charge is -2.24. The van der Waals surface area contributed by atoms with Crippen LogP contribution in [0.1, 0.15) is 17.2 Å². The Labute approximate surface area is 153 Å². The average molecular weight is 371 g/mol. The van der Waals surface area contributed by atoms with Crippen LogP contribution >= 0.6 is 0 Å². The maximum atomic E-state index is 12.3. The van der Waals surface area contributed by atoms with Crippen LogP contribution in [-0.2, 0) is 0 Å². The van der Waals surface area contributed by atoms with Gasteiger partial charge in [0.25, 0.3) is 0 Å². The smallest absolute Gasteiger partial charge is 0.387 e. The van der Waals surface area contributed by atoms with Crippen LogP contribution in [-0.4, -0.2) is 33.9 Å². The van der Waals surface area contributed by atoms with Crippen molar-refractivity contribution in [1.29, 1.82) is 0 Å². The Hall–Kier alpha value is -3.49.